The third-order valence-corrected chi connectivity index (χ3v) is 5.32. The number of pyridine rings is 2. The van der Waals surface area contributed by atoms with E-state index in [9.17, 15) is 18.0 Å². The predicted molar refractivity (Wildman–Crippen MR) is 109 cm³/mol. The van der Waals surface area contributed by atoms with Crippen LogP contribution in [0.25, 0.3) is 11.3 Å². The molecule has 4 rings (SSSR count). The van der Waals surface area contributed by atoms with Crippen LogP contribution in [0.4, 0.5) is 24.8 Å². The van der Waals surface area contributed by atoms with E-state index in [2.05, 4.69) is 25.7 Å². The summed E-state index contributed by atoms with van der Waals surface area (Å²) in [6.07, 6.45) is 0.679. The number of anilines is 2. The lowest BCUT2D eigenvalue weighted by atomic mass is 10.0. The molecule has 1 aliphatic heterocycles. The van der Waals surface area contributed by atoms with Gasteiger partial charge in [-0.1, -0.05) is 0 Å². The average molecular weight is 430 g/mol. The Labute approximate surface area is 176 Å². The first-order chi connectivity index (χ1) is 14.7. The smallest absolute Gasteiger partial charge is 0.356 e. The largest absolute Gasteiger partial charge is 0.416 e. The second kappa shape index (κ2) is 8.01. The van der Waals surface area contributed by atoms with Crippen molar-refractivity contribution in [2.24, 2.45) is 5.92 Å². The highest BCUT2D eigenvalue weighted by Gasteiger charge is 2.31. The van der Waals surface area contributed by atoms with Gasteiger partial charge < -0.3 is 10.6 Å². The lowest BCUT2D eigenvalue weighted by Gasteiger charge is -2.17. The number of halogens is 3. The maximum absolute atomic E-state index is 13.0. The number of nitrogens with zero attached hydrogens (tertiary/aromatic N) is 4. The van der Waals surface area contributed by atoms with Crippen molar-refractivity contribution in [2.45, 2.75) is 32.5 Å². The monoisotopic (exact) mass is 430 g/mol. The zero-order valence-electron chi connectivity index (χ0n) is 16.9. The molecule has 4 heterocycles. The highest BCUT2D eigenvalue weighted by molar-refractivity contribution is 5.78. The fourth-order valence-electron chi connectivity index (χ4n) is 3.56. The number of aromatic nitrogens is 4. The Kier molecular flexibility index (Phi) is 5.38. The molecular weight excluding hydrogens is 409 g/mol. The Morgan fingerprint density at radius 1 is 1.26 bits per heavy atom. The lowest BCUT2D eigenvalue weighted by molar-refractivity contribution is -0.137. The Morgan fingerprint density at radius 3 is 2.77 bits per heavy atom. The van der Waals surface area contributed by atoms with Gasteiger partial charge in [-0.3, -0.25) is 9.48 Å². The van der Waals surface area contributed by atoms with Crippen molar-refractivity contribution in [3.8, 4) is 11.3 Å². The van der Waals surface area contributed by atoms with Crippen LogP contribution in [0.1, 0.15) is 30.5 Å². The minimum atomic E-state index is -4.45. The highest BCUT2D eigenvalue weighted by atomic mass is 19.4. The Morgan fingerprint density at radius 2 is 2.06 bits per heavy atom. The topological polar surface area (TPSA) is 84.7 Å². The summed E-state index contributed by atoms with van der Waals surface area (Å²) >= 11 is 0. The van der Waals surface area contributed by atoms with E-state index in [1.54, 1.807) is 12.3 Å². The van der Waals surface area contributed by atoms with Gasteiger partial charge in [-0.05, 0) is 43.7 Å². The Bertz CT molecular complexity index is 1110. The fourth-order valence-corrected chi connectivity index (χ4v) is 3.56. The SMILES string of the molecule is Cc1cc(Nc2cc(C(F)(F)F)ccn2)nc(-c2cnn(C(C)C3CNC(=O)C3)c2)c1. The summed E-state index contributed by atoms with van der Waals surface area (Å²) in [5.74, 6) is 0.647. The zero-order valence-corrected chi connectivity index (χ0v) is 16.9. The van der Waals surface area contributed by atoms with Gasteiger partial charge in [0.15, 0.2) is 0 Å². The molecule has 1 fully saturated rings. The fraction of sp³-hybridized carbons (Fsp3) is 0.333. The minimum absolute atomic E-state index is 0.0319. The summed E-state index contributed by atoms with van der Waals surface area (Å²) in [4.78, 5) is 20.0. The summed E-state index contributed by atoms with van der Waals surface area (Å²) in [5, 5.41) is 10.1. The van der Waals surface area contributed by atoms with Crippen LogP contribution >= 0.6 is 0 Å². The molecular formula is C21H21F3N6O. The number of hydrogen-bond donors (Lipinski definition) is 2. The van der Waals surface area contributed by atoms with Crippen molar-refractivity contribution in [2.75, 3.05) is 11.9 Å². The van der Waals surface area contributed by atoms with Gasteiger partial charge in [0, 0.05) is 36.8 Å². The first-order valence-electron chi connectivity index (χ1n) is 9.79. The van der Waals surface area contributed by atoms with Crippen molar-refractivity contribution >= 4 is 17.5 Å². The number of rotatable bonds is 5. The molecule has 1 saturated heterocycles. The molecule has 0 bridgehead atoms. The van der Waals surface area contributed by atoms with Crippen LogP contribution in [0.2, 0.25) is 0 Å². The second-order valence-corrected chi connectivity index (χ2v) is 7.69. The van der Waals surface area contributed by atoms with Crippen LogP contribution < -0.4 is 10.6 Å². The molecule has 2 atom stereocenters. The summed E-state index contributed by atoms with van der Waals surface area (Å²) < 4.78 is 40.7. The number of hydrogen-bond acceptors (Lipinski definition) is 5. The maximum atomic E-state index is 13.0. The molecule has 0 saturated carbocycles. The number of aryl methyl sites for hydroxylation is 1. The van der Waals surface area contributed by atoms with Crippen molar-refractivity contribution in [1.29, 1.82) is 0 Å². The number of nitrogens with one attached hydrogen (secondary N) is 2. The summed E-state index contributed by atoms with van der Waals surface area (Å²) in [6.45, 7) is 4.51. The molecule has 10 heteroatoms. The highest BCUT2D eigenvalue weighted by Crippen LogP contribution is 2.31. The molecule has 0 spiro atoms. The van der Waals surface area contributed by atoms with Crippen LogP contribution in [-0.4, -0.2) is 32.2 Å². The van der Waals surface area contributed by atoms with E-state index < -0.39 is 11.7 Å². The van der Waals surface area contributed by atoms with Crippen molar-refractivity contribution in [1.82, 2.24) is 25.1 Å². The van der Waals surface area contributed by atoms with Gasteiger partial charge in [0.1, 0.15) is 11.6 Å². The molecule has 0 aliphatic carbocycles. The van der Waals surface area contributed by atoms with Gasteiger partial charge in [-0.15, -0.1) is 0 Å². The number of carbonyl (C=O) groups excluding carboxylic acids is 1. The molecule has 2 unspecified atom stereocenters. The van der Waals surface area contributed by atoms with E-state index in [0.29, 0.717) is 24.5 Å². The quantitative estimate of drug-likeness (QED) is 0.637. The van der Waals surface area contributed by atoms with Crippen LogP contribution in [-0.2, 0) is 11.0 Å². The van der Waals surface area contributed by atoms with Gasteiger partial charge >= 0.3 is 6.18 Å². The van der Waals surface area contributed by atoms with Crippen LogP contribution in [0.5, 0.6) is 0 Å². The summed E-state index contributed by atoms with van der Waals surface area (Å²) in [5.41, 5.74) is 1.50. The first-order valence-corrected chi connectivity index (χ1v) is 9.79. The van der Waals surface area contributed by atoms with Gasteiger partial charge in [0.25, 0.3) is 0 Å². The maximum Gasteiger partial charge on any atom is 0.416 e. The summed E-state index contributed by atoms with van der Waals surface area (Å²) in [7, 11) is 0. The molecule has 3 aromatic rings. The normalized spacial score (nSPS) is 17.5. The molecule has 3 aromatic heterocycles. The van der Waals surface area contributed by atoms with Gasteiger partial charge in [0.05, 0.1) is 23.5 Å². The van der Waals surface area contributed by atoms with Gasteiger partial charge in [-0.2, -0.15) is 18.3 Å². The van der Waals surface area contributed by atoms with Crippen LogP contribution in [0.15, 0.2) is 42.9 Å². The number of alkyl halides is 3. The lowest BCUT2D eigenvalue weighted by Crippen LogP contribution is -2.19. The molecule has 162 valence electrons. The van der Waals surface area contributed by atoms with Crippen molar-refractivity contribution in [3.63, 3.8) is 0 Å². The molecule has 2 N–H and O–H groups in total. The predicted octanol–water partition coefficient (Wildman–Crippen LogP) is 4.11. The van der Waals surface area contributed by atoms with E-state index in [-0.39, 0.29) is 23.7 Å². The third kappa shape index (κ3) is 4.68. The Hall–Kier alpha value is -3.43. The standard InChI is InChI=1S/C21H21F3N6O/c1-12-5-17(15-10-27-30(11-15)13(2)14-7-20(31)26-9-14)28-19(6-12)29-18-8-16(3-4-25-18)21(22,23)24/h3-6,8,10-11,13-14H,7,9H2,1-2H3,(H,26,31)(H,25,28,29). The molecule has 0 radical (unpaired) electrons. The van der Waals surface area contributed by atoms with Crippen molar-refractivity contribution < 1.29 is 18.0 Å². The van der Waals surface area contributed by atoms with Crippen LogP contribution in [0.3, 0.4) is 0 Å². The van der Waals surface area contributed by atoms with Crippen molar-refractivity contribution in [3.05, 3.63) is 54.0 Å². The Balaban J connectivity index is 1.56. The van der Waals surface area contributed by atoms with Crippen LogP contribution in [0, 0.1) is 12.8 Å². The second-order valence-electron chi connectivity index (χ2n) is 7.69. The van der Waals surface area contributed by atoms with E-state index in [4.69, 9.17) is 0 Å². The van der Waals surface area contributed by atoms with E-state index >= 15 is 0 Å². The van der Waals surface area contributed by atoms with Gasteiger partial charge in [-0.25, -0.2) is 9.97 Å². The molecule has 31 heavy (non-hydrogen) atoms. The number of carbonyl (C=O) groups is 1. The molecule has 7 nitrogen and oxygen atoms in total. The van der Waals surface area contributed by atoms with Gasteiger partial charge in [0.2, 0.25) is 5.91 Å². The first kappa shape index (κ1) is 20.8. The molecule has 0 aromatic carbocycles. The van der Waals surface area contributed by atoms with E-state index in [1.165, 1.54) is 0 Å². The van der Waals surface area contributed by atoms with E-state index in [0.717, 1.165) is 29.5 Å². The number of amides is 1. The average Bonchev–Trinajstić information content (AvgIpc) is 3.36. The zero-order chi connectivity index (χ0) is 22.2. The third-order valence-electron chi connectivity index (χ3n) is 5.32. The summed E-state index contributed by atoms with van der Waals surface area (Å²) in [6, 6.07) is 5.50. The van der Waals surface area contributed by atoms with E-state index in [1.807, 2.05) is 30.8 Å². The molecule has 1 amide bonds. The molecule has 1 aliphatic rings. The minimum Gasteiger partial charge on any atom is -0.356 e.